The Hall–Kier alpha value is -3.25. The summed E-state index contributed by atoms with van der Waals surface area (Å²) < 4.78 is 16.9. The highest BCUT2D eigenvalue weighted by Gasteiger charge is 2.14. The molecule has 142 valence electrons. The minimum atomic E-state index is 0.428. The van der Waals surface area contributed by atoms with Gasteiger partial charge in [-0.3, -0.25) is 0 Å². The summed E-state index contributed by atoms with van der Waals surface area (Å²) in [7, 11) is 3.26. The SMILES string of the molecule is COc1ccc(C)cc1NC(=S)Nc1cc2oc3ccccc3c2cc1OC. The number of benzene rings is 3. The van der Waals surface area contributed by atoms with Crippen molar-refractivity contribution in [3.63, 3.8) is 0 Å². The first-order chi connectivity index (χ1) is 13.6. The van der Waals surface area contributed by atoms with Crippen LogP contribution in [-0.2, 0) is 0 Å². The van der Waals surface area contributed by atoms with Gasteiger partial charge in [-0.1, -0.05) is 24.3 Å². The zero-order valence-electron chi connectivity index (χ0n) is 15.8. The Morgan fingerprint density at radius 3 is 2.29 bits per heavy atom. The summed E-state index contributed by atoms with van der Waals surface area (Å²) in [5, 5.41) is 8.86. The zero-order valence-corrected chi connectivity index (χ0v) is 16.6. The van der Waals surface area contributed by atoms with Crippen molar-refractivity contribution in [2.75, 3.05) is 24.9 Å². The van der Waals surface area contributed by atoms with E-state index >= 15 is 0 Å². The van der Waals surface area contributed by atoms with E-state index in [1.165, 1.54) is 0 Å². The third-order valence-electron chi connectivity index (χ3n) is 4.55. The van der Waals surface area contributed by atoms with Crippen LogP contribution in [0.2, 0.25) is 0 Å². The van der Waals surface area contributed by atoms with Crippen molar-refractivity contribution >= 4 is 50.6 Å². The Balaban J connectivity index is 1.66. The van der Waals surface area contributed by atoms with Crippen LogP contribution in [0.3, 0.4) is 0 Å². The minimum absolute atomic E-state index is 0.428. The second-order valence-corrected chi connectivity index (χ2v) is 6.84. The zero-order chi connectivity index (χ0) is 19.7. The molecule has 0 spiro atoms. The highest BCUT2D eigenvalue weighted by Crippen LogP contribution is 2.36. The van der Waals surface area contributed by atoms with E-state index < -0.39 is 0 Å². The van der Waals surface area contributed by atoms with Crippen molar-refractivity contribution in [3.8, 4) is 11.5 Å². The number of nitrogens with one attached hydrogen (secondary N) is 2. The third-order valence-corrected chi connectivity index (χ3v) is 4.75. The number of thiocarbonyl (C=S) groups is 1. The first-order valence-electron chi connectivity index (χ1n) is 8.81. The van der Waals surface area contributed by atoms with Crippen molar-refractivity contribution in [1.29, 1.82) is 0 Å². The van der Waals surface area contributed by atoms with Crippen LogP contribution in [-0.4, -0.2) is 19.3 Å². The van der Waals surface area contributed by atoms with Crippen molar-refractivity contribution in [2.24, 2.45) is 0 Å². The molecule has 0 aliphatic carbocycles. The molecule has 0 atom stereocenters. The van der Waals surface area contributed by atoms with Gasteiger partial charge < -0.3 is 24.5 Å². The van der Waals surface area contributed by atoms with E-state index in [0.717, 1.165) is 44.6 Å². The molecule has 0 unspecified atom stereocenters. The van der Waals surface area contributed by atoms with Crippen molar-refractivity contribution in [1.82, 2.24) is 0 Å². The standard InChI is InChI=1S/C22H20N2O3S/c1-13-8-9-19(25-2)16(10-13)23-22(28)24-17-12-20-15(11-21(17)26-3)14-6-4-5-7-18(14)27-20/h4-12H,1-3H3,(H2,23,24,28). The molecule has 0 aliphatic heterocycles. The maximum Gasteiger partial charge on any atom is 0.175 e. The topological polar surface area (TPSA) is 55.7 Å². The molecule has 0 fully saturated rings. The molecule has 3 aromatic carbocycles. The van der Waals surface area contributed by atoms with E-state index in [1.54, 1.807) is 14.2 Å². The highest BCUT2D eigenvalue weighted by atomic mass is 32.1. The molecular formula is C22H20N2O3S. The highest BCUT2D eigenvalue weighted by molar-refractivity contribution is 7.80. The molecule has 0 saturated carbocycles. The molecular weight excluding hydrogens is 372 g/mol. The number of aryl methyl sites for hydroxylation is 1. The van der Waals surface area contributed by atoms with Gasteiger partial charge in [0.15, 0.2) is 5.11 Å². The van der Waals surface area contributed by atoms with Gasteiger partial charge in [0.25, 0.3) is 0 Å². The molecule has 1 aromatic heterocycles. The van der Waals surface area contributed by atoms with Gasteiger partial charge in [0.2, 0.25) is 0 Å². The maximum absolute atomic E-state index is 5.97. The fourth-order valence-corrected chi connectivity index (χ4v) is 3.43. The molecule has 0 aliphatic rings. The number of hydrogen-bond acceptors (Lipinski definition) is 4. The van der Waals surface area contributed by atoms with Crippen LogP contribution in [0.4, 0.5) is 11.4 Å². The lowest BCUT2D eigenvalue weighted by atomic mass is 10.1. The average Bonchev–Trinajstić information content (AvgIpc) is 3.04. The number of methoxy groups -OCH3 is 2. The lowest BCUT2D eigenvalue weighted by molar-refractivity contribution is 0.417. The Bertz CT molecular complexity index is 1180. The number of furan rings is 1. The summed E-state index contributed by atoms with van der Waals surface area (Å²) >= 11 is 5.50. The van der Waals surface area contributed by atoms with Gasteiger partial charge >= 0.3 is 0 Å². The fraction of sp³-hybridized carbons (Fsp3) is 0.136. The third kappa shape index (κ3) is 3.34. The first-order valence-corrected chi connectivity index (χ1v) is 9.22. The molecule has 4 aromatic rings. The second kappa shape index (κ2) is 7.40. The lowest BCUT2D eigenvalue weighted by Gasteiger charge is -2.15. The largest absolute Gasteiger partial charge is 0.495 e. The average molecular weight is 392 g/mol. The lowest BCUT2D eigenvalue weighted by Crippen LogP contribution is -2.20. The van der Waals surface area contributed by atoms with E-state index in [4.69, 9.17) is 26.1 Å². The van der Waals surface area contributed by atoms with Crippen molar-refractivity contribution < 1.29 is 13.9 Å². The minimum Gasteiger partial charge on any atom is -0.495 e. The van der Waals surface area contributed by atoms with Crippen molar-refractivity contribution in [3.05, 3.63) is 60.2 Å². The van der Waals surface area contributed by atoms with Gasteiger partial charge in [0.05, 0.1) is 25.6 Å². The molecule has 2 N–H and O–H groups in total. The van der Waals surface area contributed by atoms with Gasteiger partial charge in [0.1, 0.15) is 22.7 Å². The number of fused-ring (bicyclic) bond motifs is 3. The van der Waals surface area contributed by atoms with Gasteiger partial charge in [-0.15, -0.1) is 0 Å². The molecule has 6 heteroatoms. The summed E-state index contributed by atoms with van der Waals surface area (Å²) in [6.45, 7) is 2.01. The molecule has 1 heterocycles. The molecule has 4 rings (SSSR count). The summed E-state index contributed by atoms with van der Waals surface area (Å²) in [6, 6.07) is 17.6. The maximum atomic E-state index is 5.97. The van der Waals surface area contributed by atoms with E-state index in [0.29, 0.717) is 10.9 Å². The molecule has 0 radical (unpaired) electrons. The van der Waals surface area contributed by atoms with Crippen LogP contribution in [0.1, 0.15) is 5.56 Å². The quantitative estimate of drug-likeness (QED) is 0.433. The van der Waals surface area contributed by atoms with E-state index in [9.17, 15) is 0 Å². The summed E-state index contributed by atoms with van der Waals surface area (Å²) in [6.07, 6.45) is 0. The molecule has 28 heavy (non-hydrogen) atoms. The van der Waals surface area contributed by atoms with E-state index in [2.05, 4.69) is 10.6 Å². The van der Waals surface area contributed by atoms with Gasteiger partial charge in [-0.05, 0) is 49.0 Å². The number of anilines is 2. The van der Waals surface area contributed by atoms with E-state index in [-0.39, 0.29) is 0 Å². The predicted molar refractivity (Wildman–Crippen MR) is 118 cm³/mol. The Morgan fingerprint density at radius 1 is 0.821 bits per heavy atom. The number of ether oxygens (including phenoxy) is 2. The van der Waals surface area contributed by atoms with Crippen LogP contribution in [0, 0.1) is 6.92 Å². The first kappa shape index (κ1) is 18.1. The number of para-hydroxylation sites is 1. The molecule has 0 saturated heterocycles. The molecule has 0 bridgehead atoms. The van der Waals surface area contributed by atoms with Crippen LogP contribution in [0.5, 0.6) is 11.5 Å². The number of hydrogen-bond donors (Lipinski definition) is 2. The van der Waals surface area contributed by atoms with E-state index in [1.807, 2.05) is 61.5 Å². The normalized spacial score (nSPS) is 10.8. The van der Waals surface area contributed by atoms with Gasteiger partial charge in [-0.25, -0.2) is 0 Å². The van der Waals surface area contributed by atoms with Gasteiger partial charge in [-0.2, -0.15) is 0 Å². The molecule has 0 amide bonds. The monoisotopic (exact) mass is 392 g/mol. The summed E-state index contributed by atoms with van der Waals surface area (Å²) in [5.41, 5.74) is 4.22. The van der Waals surface area contributed by atoms with Crippen molar-refractivity contribution in [2.45, 2.75) is 6.92 Å². The van der Waals surface area contributed by atoms with Crippen LogP contribution >= 0.6 is 12.2 Å². The Morgan fingerprint density at radius 2 is 1.54 bits per heavy atom. The Kier molecular flexibility index (Phi) is 4.79. The summed E-state index contributed by atoms with van der Waals surface area (Å²) in [5.74, 6) is 1.40. The van der Waals surface area contributed by atoms with Crippen LogP contribution in [0.15, 0.2) is 59.0 Å². The predicted octanol–water partition coefficient (Wildman–Crippen LogP) is 5.72. The van der Waals surface area contributed by atoms with Crippen LogP contribution in [0.25, 0.3) is 21.9 Å². The molecule has 5 nitrogen and oxygen atoms in total. The Labute approximate surface area is 168 Å². The second-order valence-electron chi connectivity index (χ2n) is 6.43. The van der Waals surface area contributed by atoms with Gasteiger partial charge in [0, 0.05) is 16.8 Å². The fourth-order valence-electron chi connectivity index (χ4n) is 3.21. The smallest absolute Gasteiger partial charge is 0.175 e. The number of rotatable bonds is 4. The van der Waals surface area contributed by atoms with Crippen LogP contribution < -0.4 is 20.1 Å². The summed E-state index contributed by atoms with van der Waals surface area (Å²) in [4.78, 5) is 0.